The molecule has 0 aromatic heterocycles. The number of aliphatic hydroxyl groups is 2. The van der Waals surface area contributed by atoms with Crippen molar-refractivity contribution in [1.29, 1.82) is 0 Å². The summed E-state index contributed by atoms with van der Waals surface area (Å²) < 4.78 is 5.03. The summed E-state index contributed by atoms with van der Waals surface area (Å²) in [5.74, 6) is 0. The van der Waals surface area contributed by atoms with Crippen molar-refractivity contribution in [3.63, 3.8) is 0 Å². The number of anilines is 1. The molecule has 5 nitrogen and oxygen atoms in total. The van der Waals surface area contributed by atoms with Crippen molar-refractivity contribution in [1.82, 2.24) is 0 Å². The number of benzene rings is 1. The van der Waals surface area contributed by atoms with Crippen LogP contribution in [0.3, 0.4) is 0 Å². The minimum atomic E-state index is -0.726. The van der Waals surface area contributed by atoms with E-state index in [4.69, 9.17) is 9.84 Å². The molecule has 1 amide bonds. The molecule has 2 aliphatic rings. The van der Waals surface area contributed by atoms with E-state index in [0.717, 1.165) is 36.9 Å². The Kier molecular flexibility index (Phi) is 3.87. The van der Waals surface area contributed by atoms with E-state index in [1.807, 2.05) is 24.3 Å². The molecule has 1 aromatic rings. The van der Waals surface area contributed by atoms with E-state index in [-0.39, 0.29) is 6.61 Å². The van der Waals surface area contributed by atoms with Crippen molar-refractivity contribution in [2.45, 2.75) is 43.8 Å². The largest absolute Gasteiger partial charge is 0.441 e. The van der Waals surface area contributed by atoms with Crippen LogP contribution in [0.4, 0.5) is 10.5 Å². The first-order chi connectivity index (χ1) is 10.1. The maximum absolute atomic E-state index is 11.7. The third-order valence-corrected chi connectivity index (χ3v) is 4.47. The third-order valence-electron chi connectivity index (χ3n) is 4.47. The summed E-state index contributed by atoms with van der Waals surface area (Å²) in [6.45, 7) is 0.193. The maximum atomic E-state index is 11.7. The van der Waals surface area contributed by atoms with Gasteiger partial charge in [0.15, 0.2) is 0 Å². The first kappa shape index (κ1) is 14.4. The lowest BCUT2D eigenvalue weighted by Crippen LogP contribution is -2.29. The Hall–Kier alpha value is -1.59. The van der Waals surface area contributed by atoms with Crippen molar-refractivity contribution >= 4 is 11.8 Å². The minimum absolute atomic E-state index is 0.167. The predicted molar refractivity (Wildman–Crippen MR) is 78.1 cm³/mol. The van der Waals surface area contributed by atoms with Gasteiger partial charge in [-0.25, -0.2) is 4.79 Å². The van der Waals surface area contributed by atoms with Gasteiger partial charge in [0.1, 0.15) is 6.10 Å². The fourth-order valence-corrected chi connectivity index (χ4v) is 3.20. The highest BCUT2D eigenvalue weighted by Crippen LogP contribution is 2.37. The fourth-order valence-electron chi connectivity index (χ4n) is 3.20. The molecular formula is C16H21NO4. The number of carbonyl (C=O) groups is 1. The zero-order valence-electron chi connectivity index (χ0n) is 12.0. The average molecular weight is 291 g/mol. The first-order valence-electron chi connectivity index (χ1n) is 7.54. The molecule has 114 valence electrons. The van der Waals surface area contributed by atoms with E-state index in [1.54, 1.807) is 0 Å². The van der Waals surface area contributed by atoms with Crippen LogP contribution < -0.4 is 4.90 Å². The molecule has 1 aliphatic carbocycles. The van der Waals surface area contributed by atoms with Crippen LogP contribution in [0, 0.1) is 0 Å². The highest BCUT2D eigenvalue weighted by molar-refractivity contribution is 5.89. The molecule has 1 saturated heterocycles. The summed E-state index contributed by atoms with van der Waals surface area (Å²) in [5.41, 5.74) is 0.923. The van der Waals surface area contributed by atoms with Crippen molar-refractivity contribution < 1.29 is 19.7 Å². The number of amides is 1. The number of hydrogen-bond donors (Lipinski definition) is 2. The highest BCUT2D eigenvalue weighted by atomic mass is 16.6. The molecule has 2 N–H and O–H groups in total. The van der Waals surface area contributed by atoms with Crippen LogP contribution in [0.25, 0.3) is 0 Å². The van der Waals surface area contributed by atoms with Crippen molar-refractivity contribution in [3.05, 3.63) is 29.8 Å². The number of cyclic esters (lactones) is 1. The molecule has 2 fully saturated rings. The summed E-state index contributed by atoms with van der Waals surface area (Å²) >= 11 is 0. The van der Waals surface area contributed by atoms with E-state index in [2.05, 4.69) is 0 Å². The van der Waals surface area contributed by atoms with Crippen LogP contribution in [-0.4, -0.2) is 35.6 Å². The zero-order valence-corrected chi connectivity index (χ0v) is 12.0. The van der Waals surface area contributed by atoms with Gasteiger partial charge in [0, 0.05) is 5.69 Å². The van der Waals surface area contributed by atoms with Gasteiger partial charge in [-0.3, -0.25) is 4.90 Å². The Labute approximate surface area is 124 Å². The van der Waals surface area contributed by atoms with Crippen LogP contribution in [0.5, 0.6) is 0 Å². The molecule has 1 aromatic carbocycles. The number of hydrogen-bond acceptors (Lipinski definition) is 4. The second-order valence-electron chi connectivity index (χ2n) is 5.94. The standard InChI is InChI=1S/C16H21NO4/c18-11-14-10-17(15(19)21-14)13-6-4-12(5-7-13)16(20)8-2-1-3-9-16/h4-7,14,18,20H,1-3,8-11H2/t14-/m0/s1. The highest BCUT2D eigenvalue weighted by Gasteiger charge is 2.33. The lowest BCUT2D eigenvalue weighted by atomic mass is 9.80. The van der Waals surface area contributed by atoms with Crippen molar-refractivity contribution in [2.24, 2.45) is 0 Å². The summed E-state index contributed by atoms with van der Waals surface area (Å²) in [7, 11) is 0. The van der Waals surface area contributed by atoms with E-state index in [9.17, 15) is 9.90 Å². The number of ether oxygens (including phenoxy) is 1. The van der Waals surface area contributed by atoms with Gasteiger partial charge in [-0.1, -0.05) is 31.4 Å². The van der Waals surface area contributed by atoms with Gasteiger partial charge in [-0.05, 0) is 30.5 Å². The van der Waals surface area contributed by atoms with Gasteiger partial charge in [-0.2, -0.15) is 0 Å². The molecule has 0 unspecified atom stereocenters. The van der Waals surface area contributed by atoms with Crippen LogP contribution in [0.15, 0.2) is 24.3 Å². The average Bonchev–Trinajstić information content (AvgIpc) is 2.89. The lowest BCUT2D eigenvalue weighted by Gasteiger charge is -2.32. The van der Waals surface area contributed by atoms with Gasteiger partial charge in [0.2, 0.25) is 0 Å². The monoisotopic (exact) mass is 291 g/mol. The molecular weight excluding hydrogens is 270 g/mol. The van der Waals surface area contributed by atoms with Crippen LogP contribution >= 0.6 is 0 Å². The second-order valence-corrected chi connectivity index (χ2v) is 5.94. The normalized spacial score (nSPS) is 25.0. The Morgan fingerprint density at radius 2 is 1.86 bits per heavy atom. The SMILES string of the molecule is O=C1O[C@H](CO)CN1c1ccc(C2(O)CCCCC2)cc1. The second kappa shape index (κ2) is 5.66. The van der Waals surface area contributed by atoms with Gasteiger partial charge >= 0.3 is 6.09 Å². The van der Waals surface area contributed by atoms with Gasteiger partial charge < -0.3 is 14.9 Å². The van der Waals surface area contributed by atoms with Gasteiger partial charge in [0.05, 0.1) is 18.8 Å². The zero-order chi connectivity index (χ0) is 14.9. The van der Waals surface area contributed by atoms with E-state index in [1.165, 1.54) is 11.3 Å². The van der Waals surface area contributed by atoms with E-state index < -0.39 is 17.8 Å². The Morgan fingerprint density at radius 3 is 2.43 bits per heavy atom. The lowest BCUT2D eigenvalue weighted by molar-refractivity contribution is -0.000612. The summed E-state index contributed by atoms with van der Waals surface area (Å²) in [6.07, 6.45) is 3.99. The van der Waals surface area contributed by atoms with Crippen LogP contribution in [-0.2, 0) is 10.3 Å². The van der Waals surface area contributed by atoms with Gasteiger partial charge in [0.25, 0.3) is 0 Å². The number of rotatable bonds is 3. The van der Waals surface area contributed by atoms with Crippen molar-refractivity contribution in [3.8, 4) is 0 Å². The quantitative estimate of drug-likeness (QED) is 0.895. The summed E-state index contributed by atoms with van der Waals surface area (Å²) in [4.78, 5) is 13.2. The van der Waals surface area contributed by atoms with Crippen molar-refractivity contribution in [2.75, 3.05) is 18.1 Å². The number of aliphatic hydroxyl groups excluding tert-OH is 1. The van der Waals surface area contributed by atoms with E-state index >= 15 is 0 Å². The number of nitrogens with zero attached hydrogens (tertiary/aromatic N) is 1. The third kappa shape index (κ3) is 2.76. The molecule has 0 radical (unpaired) electrons. The molecule has 0 bridgehead atoms. The molecule has 1 heterocycles. The topological polar surface area (TPSA) is 70.0 Å². The molecule has 1 saturated carbocycles. The molecule has 3 rings (SSSR count). The molecule has 1 atom stereocenters. The Bertz CT molecular complexity index is 508. The molecule has 21 heavy (non-hydrogen) atoms. The maximum Gasteiger partial charge on any atom is 0.414 e. The molecule has 5 heteroatoms. The Balaban J connectivity index is 1.76. The summed E-state index contributed by atoms with van der Waals surface area (Å²) in [6, 6.07) is 7.45. The predicted octanol–water partition coefficient (Wildman–Crippen LogP) is 2.16. The molecule has 0 spiro atoms. The number of carbonyl (C=O) groups excluding carboxylic acids is 1. The minimum Gasteiger partial charge on any atom is -0.441 e. The fraction of sp³-hybridized carbons (Fsp3) is 0.562. The summed E-state index contributed by atoms with van der Waals surface area (Å²) in [5, 5.41) is 19.8. The van der Waals surface area contributed by atoms with Gasteiger partial charge in [-0.15, -0.1) is 0 Å². The van der Waals surface area contributed by atoms with E-state index in [0.29, 0.717) is 6.54 Å². The van der Waals surface area contributed by atoms with Crippen LogP contribution in [0.2, 0.25) is 0 Å². The van der Waals surface area contributed by atoms with Crippen LogP contribution in [0.1, 0.15) is 37.7 Å². The molecule has 1 aliphatic heterocycles. The first-order valence-corrected chi connectivity index (χ1v) is 7.54. The smallest absolute Gasteiger partial charge is 0.414 e. The Morgan fingerprint density at radius 1 is 1.19 bits per heavy atom.